The first-order valence-corrected chi connectivity index (χ1v) is 7.20. The van der Waals surface area contributed by atoms with E-state index in [0.717, 1.165) is 12.3 Å². The lowest BCUT2D eigenvalue weighted by atomic mass is 10.2. The standard InChI is InChI=1S/C15H23NO4/c1-11-14(15(17)18-2)9-13(20-11)10-16-7-8-19-12-5-3-4-6-12/h9,12,16H,3-8,10H2,1-2H3. The molecule has 0 bridgehead atoms. The Labute approximate surface area is 119 Å². The van der Waals surface area contributed by atoms with E-state index in [4.69, 9.17) is 13.9 Å². The molecule has 0 aliphatic heterocycles. The van der Waals surface area contributed by atoms with Crippen LogP contribution >= 0.6 is 0 Å². The highest BCUT2D eigenvalue weighted by Gasteiger charge is 2.16. The summed E-state index contributed by atoms with van der Waals surface area (Å²) in [6.07, 6.45) is 5.42. The number of nitrogens with one attached hydrogen (secondary N) is 1. The third kappa shape index (κ3) is 4.08. The molecule has 5 heteroatoms. The minimum absolute atomic E-state index is 0.359. The number of carbonyl (C=O) groups excluding carboxylic acids is 1. The van der Waals surface area contributed by atoms with Gasteiger partial charge in [-0.05, 0) is 25.8 Å². The molecule has 1 aliphatic carbocycles. The van der Waals surface area contributed by atoms with Gasteiger partial charge >= 0.3 is 5.97 Å². The number of rotatable bonds is 7. The molecule has 1 fully saturated rings. The van der Waals surface area contributed by atoms with Gasteiger partial charge in [0.2, 0.25) is 0 Å². The molecule has 1 heterocycles. The van der Waals surface area contributed by atoms with Crippen LogP contribution in [0.25, 0.3) is 0 Å². The van der Waals surface area contributed by atoms with E-state index < -0.39 is 0 Å². The van der Waals surface area contributed by atoms with Crippen LogP contribution in [0.15, 0.2) is 10.5 Å². The zero-order valence-electron chi connectivity index (χ0n) is 12.2. The molecule has 0 atom stereocenters. The second-order valence-corrected chi connectivity index (χ2v) is 5.13. The number of hydrogen-bond donors (Lipinski definition) is 1. The molecule has 5 nitrogen and oxygen atoms in total. The van der Waals surface area contributed by atoms with E-state index in [0.29, 0.717) is 30.6 Å². The highest BCUT2D eigenvalue weighted by atomic mass is 16.5. The zero-order chi connectivity index (χ0) is 14.4. The molecule has 0 aromatic carbocycles. The fourth-order valence-corrected chi connectivity index (χ4v) is 2.51. The van der Waals surface area contributed by atoms with Crippen LogP contribution in [0.4, 0.5) is 0 Å². The topological polar surface area (TPSA) is 60.7 Å². The normalized spacial score (nSPS) is 15.7. The number of carbonyl (C=O) groups is 1. The quantitative estimate of drug-likeness (QED) is 0.614. The van der Waals surface area contributed by atoms with Crippen molar-refractivity contribution in [3.05, 3.63) is 23.2 Å². The Kier molecular flexibility index (Phi) is 5.61. The molecule has 112 valence electrons. The maximum absolute atomic E-state index is 11.4. The fraction of sp³-hybridized carbons (Fsp3) is 0.667. The van der Waals surface area contributed by atoms with E-state index in [1.165, 1.54) is 32.8 Å². The van der Waals surface area contributed by atoms with Crippen molar-refractivity contribution < 1.29 is 18.7 Å². The molecule has 0 saturated heterocycles. The number of methoxy groups -OCH3 is 1. The molecule has 1 N–H and O–H groups in total. The smallest absolute Gasteiger partial charge is 0.341 e. The van der Waals surface area contributed by atoms with Crippen LogP contribution in [0, 0.1) is 6.92 Å². The van der Waals surface area contributed by atoms with Gasteiger partial charge in [0.25, 0.3) is 0 Å². The third-order valence-corrected chi connectivity index (χ3v) is 3.61. The van der Waals surface area contributed by atoms with Gasteiger partial charge < -0.3 is 19.2 Å². The monoisotopic (exact) mass is 281 g/mol. The Balaban J connectivity index is 1.67. The summed E-state index contributed by atoms with van der Waals surface area (Å²) in [5.74, 6) is 0.974. The SMILES string of the molecule is COC(=O)c1cc(CNCCOC2CCCC2)oc1C. The Hall–Kier alpha value is -1.33. The van der Waals surface area contributed by atoms with Gasteiger partial charge in [0, 0.05) is 6.54 Å². The van der Waals surface area contributed by atoms with E-state index in [9.17, 15) is 4.79 Å². The molecule has 1 aliphatic rings. The van der Waals surface area contributed by atoms with Gasteiger partial charge in [-0.1, -0.05) is 12.8 Å². The lowest BCUT2D eigenvalue weighted by Gasteiger charge is -2.10. The molecule has 0 spiro atoms. The lowest BCUT2D eigenvalue weighted by molar-refractivity contribution is 0.0596. The van der Waals surface area contributed by atoms with E-state index in [1.807, 2.05) is 0 Å². The molecule has 0 unspecified atom stereocenters. The Morgan fingerprint density at radius 1 is 1.45 bits per heavy atom. The number of esters is 1. The summed E-state index contributed by atoms with van der Waals surface area (Å²) in [4.78, 5) is 11.4. The summed E-state index contributed by atoms with van der Waals surface area (Å²) < 4.78 is 16.0. The maximum Gasteiger partial charge on any atom is 0.341 e. The number of furan rings is 1. The highest BCUT2D eigenvalue weighted by molar-refractivity contribution is 5.90. The van der Waals surface area contributed by atoms with Crippen molar-refractivity contribution in [3.63, 3.8) is 0 Å². The van der Waals surface area contributed by atoms with Crippen LogP contribution in [-0.2, 0) is 16.0 Å². The van der Waals surface area contributed by atoms with Gasteiger partial charge in [0.05, 0.1) is 26.4 Å². The predicted molar refractivity (Wildman–Crippen MR) is 74.7 cm³/mol. The first-order chi connectivity index (χ1) is 9.70. The summed E-state index contributed by atoms with van der Waals surface area (Å²) in [7, 11) is 1.37. The summed E-state index contributed by atoms with van der Waals surface area (Å²) in [6, 6.07) is 1.73. The molecule has 20 heavy (non-hydrogen) atoms. The van der Waals surface area contributed by atoms with Gasteiger partial charge in [-0.3, -0.25) is 0 Å². The van der Waals surface area contributed by atoms with Crippen molar-refractivity contribution in [2.24, 2.45) is 0 Å². The Bertz CT molecular complexity index is 435. The molecule has 2 rings (SSSR count). The van der Waals surface area contributed by atoms with Gasteiger partial charge in [-0.25, -0.2) is 4.79 Å². The Morgan fingerprint density at radius 2 is 2.20 bits per heavy atom. The second-order valence-electron chi connectivity index (χ2n) is 5.13. The van der Waals surface area contributed by atoms with Gasteiger partial charge in [0.1, 0.15) is 17.1 Å². The summed E-state index contributed by atoms with van der Waals surface area (Å²) in [5.41, 5.74) is 0.492. The van der Waals surface area contributed by atoms with E-state index in [1.54, 1.807) is 13.0 Å². The number of aryl methyl sites for hydroxylation is 1. The van der Waals surface area contributed by atoms with Crippen molar-refractivity contribution in [1.82, 2.24) is 5.32 Å². The van der Waals surface area contributed by atoms with Crippen molar-refractivity contribution in [2.75, 3.05) is 20.3 Å². The molecule has 1 saturated carbocycles. The van der Waals surface area contributed by atoms with Crippen LogP contribution in [-0.4, -0.2) is 32.3 Å². The Morgan fingerprint density at radius 3 is 2.90 bits per heavy atom. The average molecular weight is 281 g/mol. The molecule has 1 aromatic heterocycles. The summed E-state index contributed by atoms with van der Waals surface area (Å²) in [6.45, 7) is 3.85. The summed E-state index contributed by atoms with van der Waals surface area (Å²) >= 11 is 0. The zero-order valence-corrected chi connectivity index (χ0v) is 12.2. The van der Waals surface area contributed by atoms with Crippen molar-refractivity contribution in [3.8, 4) is 0 Å². The first kappa shape index (κ1) is 15.1. The number of ether oxygens (including phenoxy) is 2. The van der Waals surface area contributed by atoms with E-state index in [2.05, 4.69) is 5.32 Å². The predicted octanol–water partition coefficient (Wildman–Crippen LogP) is 2.42. The molecule has 0 amide bonds. The van der Waals surface area contributed by atoms with Crippen LogP contribution in [0.3, 0.4) is 0 Å². The first-order valence-electron chi connectivity index (χ1n) is 7.20. The minimum atomic E-state index is -0.359. The highest BCUT2D eigenvalue weighted by Crippen LogP contribution is 2.20. The van der Waals surface area contributed by atoms with Gasteiger partial charge in [-0.2, -0.15) is 0 Å². The number of hydrogen-bond acceptors (Lipinski definition) is 5. The van der Waals surface area contributed by atoms with E-state index in [-0.39, 0.29) is 5.97 Å². The summed E-state index contributed by atoms with van der Waals surface area (Å²) in [5, 5.41) is 3.25. The van der Waals surface area contributed by atoms with E-state index >= 15 is 0 Å². The fourth-order valence-electron chi connectivity index (χ4n) is 2.51. The van der Waals surface area contributed by atoms with Gasteiger partial charge in [0.15, 0.2) is 0 Å². The third-order valence-electron chi connectivity index (χ3n) is 3.61. The van der Waals surface area contributed by atoms with Gasteiger partial charge in [-0.15, -0.1) is 0 Å². The lowest BCUT2D eigenvalue weighted by Crippen LogP contribution is -2.21. The molecule has 0 radical (unpaired) electrons. The van der Waals surface area contributed by atoms with Crippen molar-refractivity contribution in [1.29, 1.82) is 0 Å². The molecular formula is C15H23NO4. The van der Waals surface area contributed by atoms with Crippen LogP contribution in [0.1, 0.15) is 47.6 Å². The molecular weight excluding hydrogens is 258 g/mol. The largest absolute Gasteiger partial charge is 0.465 e. The maximum atomic E-state index is 11.4. The molecule has 1 aromatic rings. The van der Waals surface area contributed by atoms with Crippen LogP contribution in [0.2, 0.25) is 0 Å². The van der Waals surface area contributed by atoms with Crippen LogP contribution in [0.5, 0.6) is 0 Å². The van der Waals surface area contributed by atoms with Crippen molar-refractivity contribution in [2.45, 2.75) is 45.3 Å². The van der Waals surface area contributed by atoms with Crippen LogP contribution < -0.4 is 5.32 Å². The van der Waals surface area contributed by atoms with Crippen molar-refractivity contribution >= 4 is 5.97 Å². The minimum Gasteiger partial charge on any atom is -0.465 e. The second kappa shape index (κ2) is 7.45. The average Bonchev–Trinajstić information content (AvgIpc) is 3.07.